The SMILES string of the molecule is CCCC(=O)N1CCC(C(N)=S)CC1. The number of hydrogen-bond donors (Lipinski definition) is 1. The number of carbonyl (C=O) groups is 1. The molecule has 0 spiro atoms. The molecule has 0 saturated carbocycles. The zero-order valence-corrected chi connectivity index (χ0v) is 9.48. The van der Waals surface area contributed by atoms with Gasteiger partial charge in [-0.2, -0.15) is 0 Å². The molecule has 80 valence electrons. The molecule has 1 aliphatic rings. The smallest absolute Gasteiger partial charge is 0.222 e. The third-order valence-corrected chi connectivity index (χ3v) is 3.05. The van der Waals surface area contributed by atoms with Crippen LogP contribution in [0.3, 0.4) is 0 Å². The fourth-order valence-electron chi connectivity index (χ4n) is 1.79. The highest BCUT2D eigenvalue weighted by molar-refractivity contribution is 7.80. The number of thiocarbonyl (C=S) groups is 1. The van der Waals surface area contributed by atoms with Crippen LogP contribution in [-0.2, 0) is 4.79 Å². The fourth-order valence-corrected chi connectivity index (χ4v) is 2.02. The molecule has 1 heterocycles. The molecular formula is C10H18N2OS. The standard InChI is InChI=1S/C10H18N2OS/c1-2-3-9(13)12-6-4-8(5-7-12)10(11)14/h8H,2-7H2,1H3,(H2,11,14). The number of nitrogens with zero attached hydrogens (tertiary/aromatic N) is 1. The largest absolute Gasteiger partial charge is 0.393 e. The first-order valence-electron chi connectivity index (χ1n) is 5.22. The highest BCUT2D eigenvalue weighted by Gasteiger charge is 2.23. The van der Waals surface area contributed by atoms with Gasteiger partial charge in [0.2, 0.25) is 5.91 Å². The van der Waals surface area contributed by atoms with Crippen molar-refractivity contribution in [2.45, 2.75) is 32.6 Å². The molecule has 0 aromatic heterocycles. The summed E-state index contributed by atoms with van der Waals surface area (Å²) in [5, 5.41) is 0. The van der Waals surface area contributed by atoms with Gasteiger partial charge in [-0.15, -0.1) is 0 Å². The van der Waals surface area contributed by atoms with Crippen molar-refractivity contribution >= 4 is 23.1 Å². The maximum atomic E-state index is 11.5. The van der Waals surface area contributed by atoms with Crippen molar-refractivity contribution in [2.24, 2.45) is 11.7 Å². The van der Waals surface area contributed by atoms with Gasteiger partial charge in [0, 0.05) is 25.4 Å². The summed E-state index contributed by atoms with van der Waals surface area (Å²) in [7, 11) is 0. The summed E-state index contributed by atoms with van der Waals surface area (Å²) in [6.07, 6.45) is 3.46. The summed E-state index contributed by atoms with van der Waals surface area (Å²) >= 11 is 4.95. The summed E-state index contributed by atoms with van der Waals surface area (Å²) in [6, 6.07) is 0. The molecule has 1 amide bonds. The molecule has 0 atom stereocenters. The molecular weight excluding hydrogens is 196 g/mol. The van der Waals surface area contributed by atoms with E-state index < -0.39 is 0 Å². The van der Waals surface area contributed by atoms with Crippen molar-refractivity contribution in [1.82, 2.24) is 4.90 Å². The molecule has 1 rings (SSSR count). The minimum Gasteiger partial charge on any atom is -0.393 e. The molecule has 1 saturated heterocycles. The number of likely N-dealkylation sites (tertiary alicyclic amines) is 1. The first kappa shape index (κ1) is 11.4. The molecule has 1 fully saturated rings. The van der Waals surface area contributed by atoms with E-state index in [1.165, 1.54) is 0 Å². The Kier molecular flexibility index (Phi) is 4.32. The highest BCUT2D eigenvalue weighted by atomic mass is 32.1. The highest BCUT2D eigenvalue weighted by Crippen LogP contribution is 2.18. The van der Waals surface area contributed by atoms with E-state index in [4.69, 9.17) is 18.0 Å². The fraction of sp³-hybridized carbons (Fsp3) is 0.800. The second kappa shape index (κ2) is 5.29. The van der Waals surface area contributed by atoms with E-state index in [0.29, 0.717) is 17.3 Å². The van der Waals surface area contributed by atoms with Crippen molar-refractivity contribution in [3.05, 3.63) is 0 Å². The topological polar surface area (TPSA) is 46.3 Å². The Morgan fingerprint density at radius 2 is 2.07 bits per heavy atom. The van der Waals surface area contributed by atoms with Gasteiger partial charge in [-0.25, -0.2) is 0 Å². The second-order valence-electron chi connectivity index (χ2n) is 3.81. The minimum absolute atomic E-state index is 0.272. The maximum Gasteiger partial charge on any atom is 0.222 e. The zero-order valence-electron chi connectivity index (χ0n) is 8.66. The normalized spacial score (nSPS) is 18.2. The lowest BCUT2D eigenvalue weighted by Crippen LogP contribution is -2.41. The summed E-state index contributed by atoms with van der Waals surface area (Å²) in [4.78, 5) is 14.1. The molecule has 0 aromatic carbocycles. The van der Waals surface area contributed by atoms with Crippen LogP contribution in [0.2, 0.25) is 0 Å². The lowest BCUT2D eigenvalue weighted by molar-refractivity contribution is -0.132. The Bertz CT molecular complexity index is 222. The lowest BCUT2D eigenvalue weighted by atomic mass is 9.97. The van der Waals surface area contributed by atoms with E-state index in [1.54, 1.807) is 0 Å². The van der Waals surface area contributed by atoms with Gasteiger partial charge in [-0.1, -0.05) is 19.1 Å². The van der Waals surface area contributed by atoms with Crippen LogP contribution in [0.5, 0.6) is 0 Å². The van der Waals surface area contributed by atoms with E-state index in [1.807, 2.05) is 11.8 Å². The summed E-state index contributed by atoms with van der Waals surface area (Å²) < 4.78 is 0. The summed E-state index contributed by atoms with van der Waals surface area (Å²) in [5.41, 5.74) is 5.58. The Balaban J connectivity index is 2.35. The predicted molar refractivity (Wildman–Crippen MR) is 61.0 cm³/mol. The van der Waals surface area contributed by atoms with Gasteiger partial charge in [-0.3, -0.25) is 4.79 Å². The van der Waals surface area contributed by atoms with Crippen molar-refractivity contribution < 1.29 is 4.79 Å². The van der Waals surface area contributed by atoms with Crippen LogP contribution in [0, 0.1) is 5.92 Å². The van der Waals surface area contributed by atoms with Gasteiger partial charge in [0.1, 0.15) is 0 Å². The number of piperidine rings is 1. The van der Waals surface area contributed by atoms with Gasteiger partial charge < -0.3 is 10.6 Å². The van der Waals surface area contributed by atoms with Crippen molar-refractivity contribution in [3.8, 4) is 0 Å². The average Bonchev–Trinajstić information content (AvgIpc) is 2.18. The van der Waals surface area contributed by atoms with E-state index >= 15 is 0 Å². The maximum absolute atomic E-state index is 11.5. The number of rotatable bonds is 3. The quantitative estimate of drug-likeness (QED) is 0.721. The molecule has 2 N–H and O–H groups in total. The Hall–Kier alpha value is -0.640. The van der Waals surface area contributed by atoms with Crippen molar-refractivity contribution in [1.29, 1.82) is 0 Å². The van der Waals surface area contributed by atoms with Crippen LogP contribution in [0.1, 0.15) is 32.6 Å². The van der Waals surface area contributed by atoms with Gasteiger partial charge in [0.05, 0.1) is 4.99 Å². The molecule has 4 heteroatoms. The predicted octanol–water partition coefficient (Wildman–Crippen LogP) is 1.31. The molecule has 0 bridgehead atoms. The number of carbonyl (C=O) groups excluding carboxylic acids is 1. The van der Waals surface area contributed by atoms with Crippen molar-refractivity contribution in [3.63, 3.8) is 0 Å². The monoisotopic (exact) mass is 214 g/mol. The van der Waals surface area contributed by atoms with Crippen LogP contribution in [0.4, 0.5) is 0 Å². The number of nitrogens with two attached hydrogens (primary N) is 1. The third kappa shape index (κ3) is 2.94. The van der Waals surface area contributed by atoms with E-state index in [0.717, 1.165) is 32.4 Å². The Morgan fingerprint density at radius 1 is 1.50 bits per heavy atom. The van der Waals surface area contributed by atoms with E-state index in [2.05, 4.69) is 0 Å². The Labute approximate surface area is 90.6 Å². The zero-order chi connectivity index (χ0) is 10.6. The summed E-state index contributed by atoms with van der Waals surface area (Å²) in [6.45, 7) is 3.67. The van der Waals surface area contributed by atoms with Crippen LogP contribution in [-0.4, -0.2) is 28.9 Å². The number of hydrogen-bond acceptors (Lipinski definition) is 2. The molecule has 0 aliphatic carbocycles. The lowest BCUT2D eigenvalue weighted by Gasteiger charge is -2.31. The summed E-state index contributed by atoms with van der Waals surface area (Å²) in [5.74, 6) is 0.615. The van der Waals surface area contributed by atoms with E-state index in [-0.39, 0.29) is 5.91 Å². The first-order valence-corrected chi connectivity index (χ1v) is 5.63. The first-order chi connectivity index (χ1) is 6.65. The molecule has 1 aliphatic heterocycles. The molecule has 14 heavy (non-hydrogen) atoms. The minimum atomic E-state index is 0.272. The van der Waals surface area contributed by atoms with Gasteiger partial charge in [0.15, 0.2) is 0 Å². The second-order valence-corrected chi connectivity index (χ2v) is 4.28. The van der Waals surface area contributed by atoms with Crippen LogP contribution in [0.25, 0.3) is 0 Å². The molecule has 0 aromatic rings. The number of amides is 1. The van der Waals surface area contributed by atoms with Crippen LogP contribution >= 0.6 is 12.2 Å². The average molecular weight is 214 g/mol. The van der Waals surface area contributed by atoms with E-state index in [9.17, 15) is 4.79 Å². The molecule has 0 unspecified atom stereocenters. The van der Waals surface area contributed by atoms with Gasteiger partial charge in [-0.05, 0) is 19.3 Å². The van der Waals surface area contributed by atoms with Crippen LogP contribution in [0.15, 0.2) is 0 Å². The van der Waals surface area contributed by atoms with Crippen molar-refractivity contribution in [2.75, 3.05) is 13.1 Å². The van der Waals surface area contributed by atoms with Gasteiger partial charge >= 0.3 is 0 Å². The molecule has 0 radical (unpaired) electrons. The Morgan fingerprint density at radius 3 is 2.50 bits per heavy atom. The third-order valence-electron chi connectivity index (χ3n) is 2.71. The van der Waals surface area contributed by atoms with Gasteiger partial charge in [0.25, 0.3) is 0 Å². The van der Waals surface area contributed by atoms with Crippen LogP contribution < -0.4 is 5.73 Å². The molecule has 3 nitrogen and oxygen atoms in total.